The summed E-state index contributed by atoms with van der Waals surface area (Å²) in [7, 11) is 0. The molecule has 0 aromatic heterocycles. The monoisotopic (exact) mass is 306 g/mol. The van der Waals surface area contributed by atoms with E-state index >= 15 is 0 Å². The predicted octanol–water partition coefficient (Wildman–Crippen LogP) is 2.72. The number of carboxylic acid groups (broad SMARTS) is 1. The third kappa shape index (κ3) is 3.39. The van der Waals surface area contributed by atoms with Crippen molar-refractivity contribution in [1.82, 2.24) is 4.90 Å². The van der Waals surface area contributed by atoms with E-state index in [4.69, 9.17) is 16.7 Å². The van der Waals surface area contributed by atoms with E-state index in [1.807, 2.05) is 18.2 Å². The van der Waals surface area contributed by atoms with Crippen molar-refractivity contribution in [1.29, 1.82) is 0 Å². The van der Waals surface area contributed by atoms with Crippen LogP contribution in [0, 0.1) is 0 Å². The van der Waals surface area contributed by atoms with Crippen LogP contribution in [0.4, 0.5) is 5.69 Å². The van der Waals surface area contributed by atoms with Crippen molar-refractivity contribution in [3.05, 3.63) is 34.9 Å². The highest BCUT2D eigenvalue weighted by Gasteiger charge is 2.31. The van der Waals surface area contributed by atoms with Crippen molar-refractivity contribution in [2.45, 2.75) is 18.9 Å². The van der Waals surface area contributed by atoms with Crippen LogP contribution in [0.5, 0.6) is 0 Å². The number of rotatable bonds is 4. The topological polar surface area (TPSA) is 43.8 Å². The smallest absolute Gasteiger partial charge is 0.328 e. The Morgan fingerprint density at radius 1 is 1.24 bits per heavy atom. The molecule has 2 fully saturated rings. The summed E-state index contributed by atoms with van der Waals surface area (Å²) in [5.74, 6) is -0.945. The van der Waals surface area contributed by atoms with Crippen molar-refractivity contribution in [2.75, 3.05) is 31.1 Å². The highest BCUT2D eigenvalue weighted by molar-refractivity contribution is 6.33. The zero-order chi connectivity index (χ0) is 14.8. The Morgan fingerprint density at radius 2 is 1.95 bits per heavy atom. The second-order valence-corrected chi connectivity index (χ2v) is 6.01. The Balaban J connectivity index is 1.79. The molecule has 0 atom stereocenters. The second kappa shape index (κ2) is 6.08. The number of para-hydroxylation sites is 1. The lowest BCUT2D eigenvalue weighted by Crippen LogP contribution is -2.47. The van der Waals surface area contributed by atoms with Gasteiger partial charge in [0.05, 0.1) is 10.7 Å². The van der Waals surface area contributed by atoms with E-state index in [-0.39, 0.29) is 0 Å². The van der Waals surface area contributed by atoms with E-state index in [1.165, 1.54) is 12.8 Å². The van der Waals surface area contributed by atoms with Crippen LogP contribution < -0.4 is 4.90 Å². The number of aliphatic carboxylic acids is 1. The van der Waals surface area contributed by atoms with Gasteiger partial charge in [0.2, 0.25) is 0 Å². The lowest BCUT2D eigenvalue weighted by molar-refractivity contribution is -0.131. The number of nitrogens with zero attached hydrogens (tertiary/aromatic N) is 2. The maximum Gasteiger partial charge on any atom is 0.328 e. The molecule has 4 nitrogen and oxygen atoms in total. The summed E-state index contributed by atoms with van der Waals surface area (Å²) in [6.45, 7) is 3.98. The van der Waals surface area contributed by atoms with E-state index < -0.39 is 5.97 Å². The highest BCUT2D eigenvalue weighted by Crippen LogP contribution is 2.33. The fourth-order valence-electron chi connectivity index (χ4n) is 2.91. The number of halogens is 1. The molecule has 1 heterocycles. The third-order valence-corrected chi connectivity index (χ3v) is 4.42. The van der Waals surface area contributed by atoms with Crippen LogP contribution in [-0.2, 0) is 4.79 Å². The molecule has 2 aliphatic rings. The van der Waals surface area contributed by atoms with Crippen LogP contribution in [0.15, 0.2) is 24.3 Å². The molecule has 21 heavy (non-hydrogen) atoms. The number of carboxylic acids is 1. The molecule has 0 spiro atoms. The minimum Gasteiger partial charge on any atom is -0.478 e. The molecule has 1 aliphatic carbocycles. The standard InChI is InChI=1S/C16H19ClN2O2/c17-14-3-1-2-12(4-7-15(20)21)16(14)19-10-8-18(9-11-19)13-5-6-13/h1-4,7,13H,5-6,8-11H2,(H,20,21)/b7-4+. The van der Waals surface area contributed by atoms with Crippen molar-refractivity contribution in [3.8, 4) is 0 Å². The van der Waals surface area contributed by atoms with Gasteiger partial charge in [-0.1, -0.05) is 23.7 Å². The van der Waals surface area contributed by atoms with Crippen LogP contribution in [-0.4, -0.2) is 48.2 Å². The fraction of sp³-hybridized carbons (Fsp3) is 0.438. The molecule has 1 N–H and O–H groups in total. The Bertz CT molecular complexity index is 561. The fourth-order valence-corrected chi connectivity index (χ4v) is 3.21. The molecule has 1 aromatic carbocycles. The molecule has 0 radical (unpaired) electrons. The van der Waals surface area contributed by atoms with Gasteiger partial charge in [-0.15, -0.1) is 0 Å². The molecule has 1 aliphatic heterocycles. The van der Waals surface area contributed by atoms with Crippen LogP contribution in [0.2, 0.25) is 5.02 Å². The van der Waals surface area contributed by atoms with Gasteiger partial charge in [0.25, 0.3) is 0 Å². The number of carbonyl (C=O) groups is 1. The summed E-state index contributed by atoms with van der Waals surface area (Å²) in [4.78, 5) is 15.5. The van der Waals surface area contributed by atoms with E-state index in [2.05, 4.69) is 9.80 Å². The minimum absolute atomic E-state index is 0.683. The molecule has 1 saturated heterocycles. The van der Waals surface area contributed by atoms with E-state index in [0.717, 1.165) is 49.5 Å². The maximum absolute atomic E-state index is 10.7. The van der Waals surface area contributed by atoms with Gasteiger partial charge < -0.3 is 10.0 Å². The van der Waals surface area contributed by atoms with Crippen molar-refractivity contribution in [2.24, 2.45) is 0 Å². The Hall–Kier alpha value is -1.52. The van der Waals surface area contributed by atoms with E-state index in [0.29, 0.717) is 5.02 Å². The molecule has 112 valence electrons. The summed E-state index contributed by atoms with van der Waals surface area (Å²) >= 11 is 6.35. The molecule has 1 saturated carbocycles. The first-order valence-corrected chi connectivity index (χ1v) is 7.71. The van der Waals surface area contributed by atoms with Gasteiger partial charge in [-0.25, -0.2) is 4.79 Å². The molecule has 0 bridgehead atoms. The Labute approximate surface area is 129 Å². The second-order valence-electron chi connectivity index (χ2n) is 5.60. The van der Waals surface area contributed by atoms with Crippen molar-refractivity contribution < 1.29 is 9.90 Å². The quantitative estimate of drug-likeness (QED) is 0.869. The zero-order valence-electron chi connectivity index (χ0n) is 11.8. The zero-order valence-corrected chi connectivity index (χ0v) is 12.6. The van der Waals surface area contributed by atoms with Crippen LogP contribution in [0.1, 0.15) is 18.4 Å². The Kier molecular flexibility index (Phi) is 4.17. The summed E-state index contributed by atoms with van der Waals surface area (Å²) in [5, 5.41) is 9.49. The lowest BCUT2D eigenvalue weighted by atomic mass is 10.1. The summed E-state index contributed by atoms with van der Waals surface area (Å²) in [5.41, 5.74) is 1.82. The number of hydrogen-bond donors (Lipinski definition) is 1. The average Bonchev–Trinajstić information content (AvgIpc) is 3.30. The van der Waals surface area contributed by atoms with Gasteiger partial charge in [0.15, 0.2) is 0 Å². The van der Waals surface area contributed by atoms with Crippen LogP contribution >= 0.6 is 11.6 Å². The number of benzene rings is 1. The van der Waals surface area contributed by atoms with Gasteiger partial charge in [0, 0.05) is 38.3 Å². The number of piperazine rings is 1. The van der Waals surface area contributed by atoms with Gasteiger partial charge in [-0.2, -0.15) is 0 Å². The molecule has 1 aromatic rings. The number of hydrogen-bond acceptors (Lipinski definition) is 3. The van der Waals surface area contributed by atoms with E-state index in [9.17, 15) is 4.79 Å². The molecule has 3 rings (SSSR count). The van der Waals surface area contributed by atoms with Gasteiger partial charge in [-0.3, -0.25) is 4.90 Å². The van der Waals surface area contributed by atoms with Crippen molar-refractivity contribution >= 4 is 29.3 Å². The molecular formula is C16H19ClN2O2. The maximum atomic E-state index is 10.7. The summed E-state index contributed by atoms with van der Waals surface area (Å²) in [6, 6.07) is 6.43. The van der Waals surface area contributed by atoms with Gasteiger partial charge >= 0.3 is 5.97 Å². The molecule has 0 unspecified atom stereocenters. The predicted molar refractivity (Wildman–Crippen MR) is 84.9 cm³/mol. The Morgan fingerprint density at radius 3 is 2.57 bits per heavy atom. The first kappa shape index (κ1) is 14.4. The third-order valence-electron chi connectivity index (χ3n) is 4.12. The largest absolute Gasteiger partial charge is 0.478 e. The van der Waals surface area contributed by atoms with Crippen LogP contribution in [0.3, 0.4) is 0 Å². The van der Waals surface area contributed by atoms with Gasteiger partial charge in [-0.05, 0) is 30.5 Å². The SMILES string of the molecule is O=C(O)/C=C/c1cccc(Cl)c1N1CCN(C2CC2)CC1. The number of anilines is 1. The highest BCUT2D eigenvalue weighted by atomic mass is 35.5. The van der Waals surface area contributed by atoms with Crippen molar-refractivity contribution in [3.63, 3.8) is 0 Å². The lowest BCUT2D eigenvalue weighted by Gasteiger charge is -2.37. The van der Waals surface area contributed by atoms with E-state index in [1.54, 1.807) is 6.08 Å². The first-order valence-electron chi connectivity index (χ1n) is 7.33. The summed E-state index contributed by atoms with van der Waals surface area (Å²) in [6.07, 6.45) is 5.45. The molecule has 5 heteroatoms. The normalized spacial score (nSPS) is 20.1. The first-order chi connectivity index (χ1) is 10.1. The average molecular weight is 307 g/mol. The summed E-state index contributed by atoms with van der Waals surface area (Å²) < 4.78 is 0. The minimum atomic E-state index is -0.945. The molecular weight excluding hydrogens is 288 g/mol. The molecule has 0 amide bonds. The van der Waals surface area contributed by atoms with Crippen LogP contribution in [0.25, 0.3) is 6.08 Å². The van der Waals surface area contributed by atoms with Gasteiger partial charge in [0.1, 0.15) is 0 Å².